The largest absolute Gasteiger partial charge is 0.382 e. The summed E-state index contributed by atoms with van der Waals surface area (Å²) in [6, 6.07) is 5.54. The van der Waals surface area contributed by atoms with Crippen LogP contribution < -0.4 is 5.32 Å². The van der Waals surface area contributed by atoms with Gasteiger partial charge in [0, 0.05) is 32.3 Å². The van der Waals surface area contributed by atoms with Gasteiger partial charge in [-0.15, -0.1) is 0 Å². The van der Waals surface area contributed by atoms with Gasteiger partial charge in [0.2, 0.25) is 0 Å². The lowest BCUT2D eigenvalue weighted by Crippen LogP contribution is -2.36. The number of nitro groups is 1. The van der Waals surface area contributed by atoms with E-state index in [4.69, 9.17) is 4.74 Å². The third kappa shape index (κ3) is 2.91. The highest BCUT2D eigenvalue weighted by molar-refractivity contribution is 5.66. The van der Waals surface area contributed by atoms with Gasteiger partial charge in [-0.1, -0.05) is 12.1 Å². The molecule has 1 fully saturated rings. The second-order valence-corrected chi connectivity index (χ2v) is 5.17. The molecule has 20 heavy (non-hydrogen) atoms. The van der Waals surface area contributed by atoms with Crippen molar-refractivity contribution in [2.75, 3.05) is 26.0 Å². The van der Waals surface area contributed by atoms with Crippen LogP contribution in [0.5, 0.6) is 0 Å². The van der Waals surface area contributed by atoms with Crippen molar-refractivity contribution in [3.63, 3.8) is 0 Å². The molecule has 6 nitrogen and oxygen atoms in total. The van der Waals surface area contributed by atoms with Gasteiger partial charge in [0.05, 0.1) is 11.0 Å². The summed E-state index contributed by atoms with van der Waals surface area (Å²) >= 11 is 0. The van der Waals surface area contributed by atoms with Crippen molar-refractivity contribution in [1.82, 2.24) is 4.90 Å². The zero-order chi connectivity index (χ0) is 14.7. The van der Waals surface area contributed by atoms with E-state index in [1.807, 2.05) is 13.1 Å². The Morgan fingerprint density at radius 2 is 2.30 bits per heavy atom. The Hall–Kier alpha value is -1.66. The van der Waals surface area contributed by atoms with Crippen LogP contribution in [-0.4, -0.2) is 42.7 Å². The summed E-state index contributed by atoms with van der Waals surface area (Å²) in [5.74, 6) is 0. The molecule has 2 atom stereocenters. The predicted molar refractivity (Wildman–Crippen MR) is 77.9 cm³/mol. The summed E-state index contributed by atoms with van der Waals surface area (Å²) in [6.07, 6.45) is 1.21. The molecule has 0 saturated carbocycles. The number of likely N-dealkylation sites (N-methyl/N-ethyl adjacent to an activating group) is 1. The molecule has 2 rings (SSSR count). The van der Waals surface area contributed by atoms with E-state index in [0.29, 0.717) is 18.3 Å². The van der Waals surface area contributed by atoms with E-state index >= 15 is 0 Å². The van der Waals surface area contributed by atoms with Crippen molar-refractivity contribution < 1.29 is 9.66 Å². The van der Waals surface area contributed by atoms with Crippen molar-refractivity contribution in [3.05, 3.63) is 33.9 Å². The molecule has 1 aromatic carbocycles. The first kappa shape index (κ1) is 14.7. The van der Waals surface area contributed by atoms with Crippen LogP contribution in [0.25, 0.3) is 0 Å². The zero-order valence-corrected chi connectivity index (χ0v) is 12.1. The molecule has 1 N–H and O–H groups in total. The van der Waals surface area contributed by atoms with Gasteiger partial charge in [-0.25, -0.2) is 0 Å². The number of nitrogens with zero attached hydrogens (tertiary/aromatic N) is 2. The Morgan fingerprint density at radius 3 is 2.85 bits per heavy atom. The van der Waals surface area contributed by atoms with E-state index in [2.05, 4.69) is 17.1 Å². The molecule has 0 spiro atoms. The quantitative estimate of drug-likeness (QED) is 0.661. The molecule has 0 amide bonds. The van der Waals surface area contributed by atoms with E-state index in [0.717, 1.165) is 18.6 Å². The average molecular weight is 279 g/mol. The lowest BCUT2D eigenvalue weighted by atomic mass is 10.1. The monoisotopic (exact) mass is 279 g/mol. The molecular formula is C14H21N3O3. The van der Waals surface area contributed by atoms with Gasteiger partial charge < -0.3 is 10.1 Å². The van der Waals surface area contributed by atoms with Crippen LogP contribution >= 0.6 is 0 Å². The summed E-state index contributed by atoms with van der Waals surface area (Å²) in [5, 5.41) is 14.0. The van der Waals surface area contributed by atoms with E-state index in [9.17, 15) is 10.1 Å². The highest BCUT2D eigenvalue weighted by Crippen LogP contribution is 2.30. The van der Waals surface area contributed by atoms with Crippen LogP contribution in [0.4, 0.5) is 11.4 Å². The van der Waals surface area contributed by atoms with Crippen LogP contribution in [0.2, 0.25) is 0 Å². The standard InChI is InChI=1S/C14H21N3O3/c1-10-12(7-8-20-10)16(3)9-11-5-4-6-13(17(18)19)14(11)15-2/h4-6,10,12,15H,7-9H2,1-3H3. The minimum Gasteiger partial charge on any atom is -0.382 e. The van der Waals surface area contributed by atoms with Gasteiger partial charge >= 0.3 is 0 Å². The molecule has 0 radical (unpaired) electrons. The summed E-state index contributed by atoms with van der Waals surface area (Å²) in [6.45, 7) is 3.51. The van der Waals surface area contributed by atoms with Gasteiger partial charge in [-0.2, -0.15) is 0 Å². The fraction of sp³-hybridized carbons (Fsp3) is 0.571. The topological polar surface area (TPSA) is 67.6 Å². The number of hydrogen-bond donors (Lipinski definition) is 1. The normalized spacial score (nSPS) is 22.2. The number of rotatable bonds is 5. The molecule has 0 aliphatic carbocycles. The number of ether oxygens (including phenoxy) is 1. The van der Waals surface area contributed by atoms with Crippen LogP contribution in [0.15, 0.2) is 18.2 Å². The second kappa shape index (κ2) is 6.19. The molecule has 0 aromatic heterocycles. The molecule has 1 saturated heterocycles. The third-order valence-corrected chi connectivity index (χ3v) is 3.90. The number of nitrogens with one attached hydrogen (secondary N) is 1. The maximum Gasteiger partial charge on any atom is 0.292 e. The number of anilines is 1. The van der Waals surface area contributed by atoms with Gasteiger partial charge in [-0.3, -0.25) is 15.0 Å². The average Bonchev–Trinajstić information content (AvgIpc) is 2.84. The molecule has 0 bridgehead atoms. The second-order valence-electron chi connectivity index (χ2n) is 5.17. The van der Waals surface area contributed by atoms with E-state index in [1.54, 1.807) is 13.1 Å². The van der Waals surface area contributed by atoms with Crippen molar-refractivity contribution in [2.24, 2.45) is 0 Å². The van der Waals surface area contributed by atoms with E-state index < -0.39 is 0 Å². The Kier molecular flexibility index (Phi) is 4.57. The summed E-state index contributed by atoms with van der Waals surface area (Å²) in [4.78, 5) is 12.9. The Balaban J connectivity index is 2.20. The lowest BCUT2D eigenvalue weighted by Gasteiger charge is -2.27. The van der Waals surface area contributed by atoms with Crippen molar-refractivity contribution >= 4 is 11.4 Å². The number of para-hydroxylation sites is 1. The van der Waals surface area contributed by atoms with Crippen molar-refractivity contribution in [3.8, 4) is 0 Å². The SMILES string of the molecule is CNc1c(CN(C)C2CCOC2C)cccc1[N+](=O)[O-]. The minimum absolute atomic E-state index is 0.120. The highest BCUT2D eigenvalue weighted by atomic mass is 16.6. The fourth-order valence-corrected chi connectivity index (χ4v) is 2.84. The molecule has 1 heterocycles. The summed E-state index contributed by atoms with van der Waals surface area (Å²) in [5.41, 5.74) is 1.65. The first-order chi connectivity index (χ1) is 9.54. The van der Waals surface area contributed by atoms with Crippen LogP contribution in [-0.2, 0) is 11.3 Å². The van der Waals surface area contributed by atoms with Crippen LogP contribution in [0.3, 0.4) is 0 Å². The Bertz CT molecular complexity index is 493. The predicted octanol–water partition coefficient (Wildman–Crippen LogP) is 2.25. The summed E-state index contributed by atoms with van der Waals surface area (Å²) in [7, 11) is 3.75. The summed E-state index contributed by atoms with van der Waals surface area (Å²) < 4.78 is 5.58. The van der Waals surface area contributed by atoms with Gasteiger partial charge in [0.15, 0.2) is 0 Å². The van der Waals surface area contributed by atoms with Crippen LogP contribution in [0, 0.1) is 10.1 Å². The van der Waals surface area contributed by atoms with Gasteiger partial charge in [0.1, 0.15) is 5.69 Å². The fourth-order valence-electron chi connectivity index (χ4n) is 2.84. The maximum atomic E-state index is 11.1. The molecule has 1 aliphatic rings. The van der Waals surface area contributed by atoms with Crippen LogP contribution in [0.1, 0.15) is 18.9 Å². The minimum atomic E-state index is -0.351. The first-order valence-electron chi connectivity index (χ1n) is 6.80. The maximum absolute atomic E-state index is 11.1. The zero-order valence-electron chi connectivity index (χ0n) is 12.1. The molecule has 6 heteroatoms. The lowest BCUT2D eigenvalue weighted by molar-refractivity contribution is -0.384. The molecule has 110 valence electrons. The smallest absolute Gasteiger partial charge is 0.292 e. The third-order valence-electron chi connectivity index (χ3n) is 3.90. The molecule has 2 unspecified atom stereocenters. The van der Waals surface area contributed by atoms with E-state index in [1.165, 1.54) is 6.07 Å². The van der Waals surface area contributed by atoms with Gasteiger partial charge in [-0.05, 0) is 26.0 Å². The van der Waals surface area contributed by atoms with E-state index in [-0.39, 0.29) is 16.7 Å². The van der Waals surface area contributed by atoms with Gasteiger partial charge in [0.25, 0.3) is 5.69 Å². The Labute approximate surface area is 118 Å². The highest BCUT2D eigenvalue weighted by Gasteiger charge is 2.28. The first-order valence-corrected chi connectivity index (χ1v) is 6.80. The number of benzene rings is 1. The number of nitro benzene ring substituents is 1. The molecule has 1 aromatic rings. The van der Waals surface area contributed by atoms with Crippen molar-refractivity contribution in [1.29, 1.82) is 0 Å². The Morgan fingerprint density at radius 1 is 1.55 bits per heavy atom. The molecule has 1 aliphatic heterocycles. The molecular weight excluding hydrogens is 258 g/mol. The number of hydrogen-bond acceptors (Lipinski definition) is 5. The van der Waals surface area contributed by atoms with Crippen molar-refractivity contribution in [2.45, 2.75) is 32.0 Å².